The number of carbonyl (C=O) groups excluding carboxylic acids is 1. The van der Waals surface area contributed by atoms with E-state index in [1.54, 1.807) is 0 Å². The molecule has 1 heterocycles. The number of nitro groups is 1. The lowest BCUT2D eigenvalue weighted by Gasteiger charge is -1.99. The zero-order chi connectivity index (χ0) is 11.3. The molecule has 80 valence electrons. The first-order valence-electron chi connectivity index (χ1n) is 4.29. The van der Waals surface area contributed by atoms with E-state index in [0.717, 1.165) is 0 Å². The van der Waals surface area contributed by atoms with Gasteiger partial charge in [-0.1, -0.05) is 0 Å². The number of hydrogen-bond acceptors (Lipinski definition) is 5. The highest BCUT2D eigenvalue weighted by molar-refractivity contribution is 5.69. The molecular weight excluding hydrogens is 200 g/mol. The van der Waals surface area contributed by atoms with Crippen molar-refractivity contribution in [1.82, 2.24) is 4.98 Å². The van der Waals surface area contributed by atoms with Crippen LogP contribution in [0.4, 0.5) is 5.69 Å². The Labute approximate surface area is 86.0 Å². The first-order valence-corrected chi connectivity index (χ1v) is 4.29. The summed E-state index contributed by atoms with van der Waals surface area (Å²) < 4.78 is 4.45. The van der Waals surface area contributed by atoms with Crippen molar-refractivity contribution in [3.63, 3.8) is 0 Å². The van der Waals surface area contributed by atoms with Gasteiger partial charge in [-0.15, -0.1) is 0 Å². The molecule has 0 saturated carbocycles. The highest BCUT2D eigenvalue weighted by Crippen LogP contribution is 2.11. The van der Waals surface area contributed by atoms with Crippen molar-refractivity contribution in [2.45, 2.75) is 12.8 Å². The van der Waals surface area contributed by atoms with Gasteiger partial charge in [-0.2, -0.15) is 0 Å². The molecule has 6 nitrogen and oxygen atoms in total. The van der Waals surface area contributed by atoms with Crippen LogP contribution in [0.3, 0.4) is 0 Å². The minimum absolute atomic E-state index is 0.0233. The molecule has 0 bridgehead atoms. The van der Waals surface area contributed by atoms with Crippen molar-refractivity contribution in [3.05, 3.63) is 34.1 Å². The lowest BCUT2D eigenvalue weighted by Crippen LogP contribution is -2.03. The van der Waals surface area contributed by atoms with Crippen LogP contribution in [0.1, 0.15) is 12.1 Å². The minimum Gasteiger partial charge on any atom is -0.469 e. The molecule has 0 atom stereocenters. The van der Waals surface area contributed by atoms with E-state index in [2.05, 4.69) is 9.72 Å². The summed E-state index contributed by atoms with van der Waals surface area (Å²) in [4.78, 5) is 24.7. The topological polar surface area (TPSA) is 82.3 Å². The molecule has 0 aliphatic carbocycles. The van der Waals surface area contributed by atoms with Crippen molar-refractivity contribution < 1.29 is 14.5 Å². The second-order valence-electron chi connectivity index (χ2n) is 2.84. The summed E-state index contributed by atoms with van der Waals surface area (Å²) in [6, 6.07) is 2.66. The van der Waals surface area contributed by atoms with E-state index >= 15 is 0 Å². The number of ether oxygens (including phenoxy) is 1. The van der Waals surface area contributed by atoms with Gasteiger partial charge in [0.05, 0.1) is 18.5 Å². The minimum atomic E-state index is -0.497. The number of hydrogen-bond donors (Lipinski definition) is 0. The monoisotopic (exact) mass is 210 g/mol. The Morgan fingerprint density at radius 3 is 3.00 bits per heavy atom. The Balaban J connectivity index is 2.66. The Bertz CT molecular complexity index is 378. The predicted octanol–water partition coefficient (Wildman–Crippen LogP) is 1.10. The van der Waals surface area contributed by atoms with Crippen molar-refractivity contribution in [2.75, 3.05) is 7.11 Å². The maximum atomic E-state index is 10.8. The molecule has 0 aliphatic rings. The van der Waals surface area contributed by atoms with Crippen LogP contribution in [0, 0.1) is 10.1 Å². The molecule has 1 rings (SSSR count). The second kappa shape index (κ2) is 5.04. The second-order valence-corrected chi connectivity index (χ2v) is 2.84. The van der Waals surface area contributed by atoms with Crippen LogP contribution in [-0.4, -0.2) is 23.0 Å². The number of aromatic nitrogens is 1. The Kier molecular flexibility index (Phi) is 3.73. The number of carbonyl (C=O) groups is 1. The summed E-state index contributed by atoms with van der Waals surface area (Å²) in [5.41, 5.74) is 0.486. The van der Waals surface area contributed by atoms with E-state index in [4.69, 9.17) is 0 Å². The van der Waals surface area contributed by atoms with Crippen LogP contribution < -0.4 is 0 Å². The number of pyridine rings is 1. The molecule has 0 N–H and O–H groups in total. The molecule has 0 aromatic carbocycles. The fraction of sp³-hybridized carbons (Fsp3) is 0.333. The molecule has 0 unspecified atom stereocenters. The van der Waals surface area contributed by atoms with Gasteiger partial charge >= 0.3 is 5.97 Å². The maximum absolute atomic E-state index is 10.8. The van der Waals surface area contributed by atoms with Gasteiger partial charge in [-0.25, -0.2) is 0 Å². The van der Waals surface area contributed by atoms with E-state index in [1.807, 2.05) is 0 Å². The summed E-state index contributed by atoms with van der Waals surface area (Å²) in [7, 11) is 1.29. The van der Waals surface area contributed by atoms with Gasteiger partial charge in [0.25, 0.3) is 5.69 Å². The van der Waals surface area contributed by atoms with Crippen LogP contribution >= 0.6 is 0 Å². The van der Waals surface area contributed by atoms with Crippen LogP contribution in [-0.2, 0) is 16.0 Å². The van der Waals surface area contributed by atoms with Crippen LogP contribution in [0.2, 0.25) is 0 Å². The zero-order valence-electron chi connectivity index (χ0n) is 8.17. The Morgan fingerprint density at radius 2 is 2.40 bits per heavy atom. The number of nitrogens with zero attached hydrogens (tertiary/aromatic N) is 2. The third kappa shape index (κ3) is 3.34. The largest absolute Gasteiger partial charge is 0.469 e. The molecule has 6 heteroatoms. The van der Waals surface area contributed by atoms with Gasteiger partial charge in [-0.05, 0) is 0 Å². The third-order valence-corrected chi connectivity index (χ3v) is 1.82. The molecule has 0 aliphatic heterocycles. The summed E-state index contributed by atoms with van der Waals surface area (Å²) in [6.45, 7) is 0. The number of aryl methyl sites for hydroxylation is 1. The fourth-order valence-electron chi connectivity index (χ4n) is 1.05. The number of rotatable bonds is 4. The smallest absolute Gasteiger partial charge is 0.305 e. The van der Waals surface area contributed by atoms with Crippen molar-refractivity contribution in [3.8, 4) is 0 Å². The summed E-state index contributed by atoms with van der Waals surface area (Å²) in [5, 5.41) is 10.4. The number of methoxy groups -OCH3 is 1. The normalized spacial score (nSPS) is 9.67. The Morgan fingerprint density at radius 1 is 1.67 bits per heavy atom. The molecule has 0 fully saturated rings. The molecule has 1 aromatic rings. The van der Waals surface area contributed by atoms with Crippen molar-refractivity contribution in [1.29, 1.82) is 0 Å². The van der Waals surface area contributed by atoms with Crippen molar-refractivity contribution >= 4 is 11.7 Å². The van der Waals surface area contributed by atoms with E-state index in [9.17, 15) is 14.9 Å². The van der Waals surface area contributed by atoms with Gasteiger partial charge in [0, 0.05) is 30.4 Å². The quantitative estimate of drug-likeness (QED) is 0.422. The molecule has 0 spiro atoms. The Hall–Kier alpha value is -1.98. The SMILES string of the molecule is COC(=O)CCc1cc([N+](=O)[O-])ccn1. The van der Waals surface area contributed by atoms with Crippen LogP contribution in [0.15, 0.2) is 18.3 Å². The van der Waals surface area contributed by atoms with Gasteiger partial charge in [0.1, 0.15) is 0 Å². The van der Waals surface area contributed by atoms with Crippen LogP contribution in [0.5, 0.6) is 0 Å². The highest BCUT2D eigenvalue weighted by Gasteiger charge is 2.08. The molecular formula is C9H10N2O4. The standard InChI is InChI=1S/C9H10N2O4/c1-15-9(12)3-2-7-6-8(11(13)14)4-5-10-7/h4-6H,2-3H2,1H3. The van der Waals surface area contributed by atoms with E-state index in [1.165, 1.54) is 25.4 Å². The number of esters is 1. The molecule has 0 radical (unpaired) electrons. The average molecular weight is 210 g/mol. The summed E-state index contributed by atoms with van der Waals surface area (Å²) >= 11 is 0. The molecule has 15 heavy (non-hydrogen) atoms. The molecule has 1 aromatic heterocycles. The lowest BCUT2D eigenvalue weighted by molar-refractivity contribution is -0.385. The van der Waals surface area contributed by atoms with Gasteiger partial charge < -0.3 is 4.74 Å². The zero-order valence-corrected chi connectivity index (χ0v) is 8.17. The summed E-state index contributed by atoms with van der Waals surface area (Å²) in [5.74, 6) is -0.358. The first-order chi connectivity index (χ1) is 7.13. The third-order valence-electron chi connectivity index (χ3n) is 1.82. The maximum Gasteiger partial charge on any atom is 0.305 e. The van der Waals surface area contributed by atoms with Crippen molar-refractivity contribution in [2.24, 2.45) is 0 Å². The van der Waals surface area contributed by atoms with Gasteiger partial charge in [0.2, 0.25) is 0 Å². The van der Waals surface area contributed by atoms with Gasteiger partial charge in [0.15, 0.2) is 0 Å². The van der Waals surface area contributed by atoms with E-state index in [0.29, 0.717) is 12.1 Å². The average Bonchev–Trinajstić information content (AvgIpc) is 2.26. The van der Waals surface area contributed by atoms with Crippen LogP contribution in [0.25, 0.3) is 0 Å². The molecule has 0 saturated heterocycles. The van der Waals surface area contributed by atoms with E-state index in [-0.39, 0.29) is 18.1 Å². The fourth-order valence-corrected chi connectivity index (χ4v) is 1.05. The first kappa shape index (κ1) is 11.1. The predicted molar refractivity (Wildman–Crippen MR) is 51.2 cm³/mol. The molecule has 0 amide bonds. The highest BCUT2D eigenvalue weighted by atomic mass is 16.6. The lowest BCUT2D eigenvalue weighted by atomic mass is 10.2. The summed E-state index contributed by atoms with van der Waals surface area (Å²) in [6.07, 6.45) is 1.86. The van der Waals surface area contributed by atoms with E-state index < -0.39 is 4.92 Å². The van der Waals surface area contributed by atoms with Gasteiger partial charge in [-0.3, -0.25) is 19.9 Å².